The van der Waals surface area contributed by atoms with Gasteiger partial charge in [0.2, 0.25) is 0 Å². The van der Waals surface area contributed by atoms with E-state index in [1.807, 2.05) is 12.1 Å². The van der Waals surface area contributed by atoms with Crippen molar-refractivity contribution < 1.29 is 0 Å². The van der Waals surface area contributed by atoms with Gasteiger partial charge in [0, 0.05) is 38.5 Å². The van der Waals surface area contributed by atoms with E-state index in [-0.39, 0.29) is 0 Å². The van der Waals surface area contributed by atoms with Crippen LogP contribution in [-0.4, -0.2) is 9.13 Å². The van der Waals surface area contributed by atoms with Crippen LogP contribution in [0.3, 0.4) is 0 Å². The summed E-state index contributed by atoms with van der Waals surface area (Å²) in [4.78, 5) is 0. The first kappa shape index (κ1) is 31.1. The lowest BCUT2D eigenvalue weighted by Gasteiger charge is -2.16. The van der Waals surface area contributed by atoms with E-state index < -0.39 is 0 Å². The molecule has 0 bridgehead atoms. The SMILES string of the molecule is N#Cc1cccc(C#N)c1-c1cccc(-n2c3ccccc3c3ccc4c5ccccc5n(-c5cc(-c6ccccc6)cc(-c6ccccc6)c5)c4c32)c1. The zero-order valence-electron chi connectivity index (χ0n) is 29.1. The number of hydrogen-bond donors (Lipinski definition) is 0. The van der Waals surface area contributed by atoms with E-state index in [2.05, 4.69) is 173 Å². The summed E-state index contributed by atoms with van der Waals surface area (Å²) < 4.78 is 4.79. The minimum Gasteiger partial charge on any atom is -0.307 e. The Morgan fingerprint density at radius 1 is 0.333 bits per heavy atom. The zero-order chi connectivity index (χ0) is 36.2. The number of nitriles is 2. The van der Waals surface area contributed by atoms with Crippen LogP contribution in [0.1, 0.15) is 11.1 Å². The number of nitrogens with zero attached hydrogens (tertiary/aromatic N) is 4. The fourth-order valence-corrected chi connectivity index (χ4v) is 8.22. The van der Waals surface area contributed by atoms with Crippen molar-refractivity contribution in [3.05, 3.63) is 193 Å². The molecule has 2 heterocycles. The Morgan fingerprint density at radius 2 is 0.778 bits per heavy atom. The maximum atomic E-state index is 10.1. The quantitative estimate of drug-likeness (QED) is 0.181. The predicted octanol–water partition coefficient (Wildman–Crippen LogP) is 12.6. The summed E-state index contributed by atoms with van der Waals surface area (Å²) in [6.45, 7) is 0. The second-order valence-corrected chi connectivity index (χ2v) is 13.6. The fourth-order valence-electron chi connectivity index (χ4n) is 8.22. The normalized spacial score (nSPS) is 11.3. The van der Waals surface area contributed by atoms with Gasteiger partial charge in [-0.05, 0) is 82.4 Å². The standard InChI is InChI=1S/C50H30N4/c51-31-36-18-11-19-37(32-52)48(36)35-17-12-20-40(28-35)53-46-23-9-7-21-42(46)44-25-26-45-43-22-8-10-24-47(43)54(50(45)49(44)53)41-29-38(33-13-3-1-4-14-33)27-39(30-41)34-15-5-2-6-16-34/h1-30H. The maximum absolute atomic E-state index is 10.1. The van der Waals surface area contributed by atoms with Crippen molar-refractivity contribution in [3.8, 4) is 56.9 Å². The van der Waals surface area contributed by atoms with Crippen LogP contribution in [0.4, 0.5) is 0 Å². The number of rotatable bonds is 5. The van der Waals surface area contributed by atoms with Crippen molar-refractivity contribution in [1.29, 1.82) is 10.5 Å². The van der Waals surface area contributed by atoms with Gasteiger partial charge in [-0.3, -0.25) is 0 Å². The van der Waals surface area contributed by atoms with E-state index in [0.717, 1.165) is 77.4 Å². The lowest BCUT2D eigenvalue weighted by atomic mass is 9.95. The highest BCUT2D eigenvalue weighted by Crippen LogP contribution is 2.43. The summed E-state index contributed by atoms with van der Waals surface area (Å²) in [6, 6.07) is 68.0. The molecule has 0 saturated heterocycles. The van der Waals surface area contributed by atoms with Gasteiger partial charge >= 0.3 is 0 Å². The highest BCUT2D eigenvalue weighted by Gasteiger charge is 2.22. The zero-order valence-corrected chi connectivity index (χ0v) is 29.1. The Labute approximate surface area is 312 Å². The molecule has 0 spiro atoms. The van der Waals surface area contributed by atoms with Crippen LogP contribution in [0.2, 0.25) is 0 Å². The summed E-state index contributed by atoms with van der Waals surface area (Å²) in [5, 5.41) is 24.8. The summed E-state index contributed by atoms with van der Waals surface area (Å²) in [5.41, 5.74) is 13.4. The minimum absolute atomic E-state index is 0.475. The monoisotopic (exact) mass is 686 g/mol. The van der Waals surface area contributed by atoms with E-state index in [9.17, 15) is 10.5 Å². The summed E-state index contributed by atoms with van der Waals surface area (Å²) in [7, 11) is 0. The van der Waals surface area contributed by atoms with Crippen molar-refractivity contribution >= 4 is 43.6 Å². The molecule has 4 heteroatoms. The molecule has 0 fully saturated rings. The van der Waals surface area contributed by atoms with Crippen molar-refractivity contribution in [3.63, 3.8) is 0 Å². The third kappa shape index (κ3) is 4.83. The van der Waals surface area contributed by atoms with Crippen molar-refractivity contribution in [2.45, 2.75) is 0 Å². The molecule has 250 valence electrons. The Hall–Kier alpha value is -7.66. The van der Waals surface area contributed by atoms with Gasteiger partial charge in [0.25, 0.3) is 0 Å². The van der Waals surface area contributed by atoms with Gasteiger partial charge in [0.05, 0.1) is 45.3 Å². The average Bonchev–Trinajstić information content (AvgIpc) is 3.77. The van der Waals surface area contributed by atoms with Crippen molar-refractivity contribution in [2.75, 3.05) is 0 Å². The van der Waals surface area contributed by atoms with Gasteiger partial charge in [-0.2, -0.15) is 10.5 Å². The number of para-hydroxylation sites is 2. The van der Waals surface area contributed by atoms with E-state index in [1.54, 1.807) is 18.2 Å². The molecule has 10 aromatic rings. The third-order valence-electron chi connectivity index (χ3n) is 10.6. The first-order valence-corrected chi connectivity index (χ1v) is 18.0. The van der Waals surface area contributed by atoms with Gasteiger partial charge in [-0.15, -0.1) is 0 Å². The highest BCUT2D eigenvalue weighted by molar-refractivity contribution is 6.24. The number of fused-ring (bicyclic) bond motifs is 7. The molecular formula is C50H30N4. The third-order valence-corrected chi connectivity index (χ3v) is 10.6. The van der Waals surface area contributed by atoms with Gasteiger partial charge in [-0.25, -0.2) is 0 Å². The number of aromatic nitrogens is 2. The Kier molecular flexibility index (Phi) is 7.22. The molecule has 8 aromatic carbocycles. The van der Waals surface area contributed by atoms with Crippen molar-refractivity contribution in [1.82, 2.24) is 9.13 Å². The smallest absolute Gasteiger partial charge is 0.0998 e. The molecule has 0 amide bonds. The second kappa shape index (κ2) is 12.5. The van der Waals surface area contributed by atoms with Crippen LogP contribution in [-0.2, 0) is 0 Å². The van der Waals surface area contributed by atoms with E-state index in [1.165, 1.54) is 5.39 Å². The van der Waals surface area contributed by atoms with Gasteiger partial charge in [0.15, 0.2) is 0 Å². The van der Waals surface area contributed by atoms with E-state index in [4.69, 9.17) is 0 Å². The first-order valence-electron chi connectivity index (χ1n) is 18.0. The van der Waals surface area contributed by atoms with Gasteiger partial charge in [-0.1, -0.05) is 127 Å². The largest absolute Gasteiger partial charge is 0.307 e. The second-order valence-electron chi connectivity index (χ2n) is 13.6. The van der Waals surface area contributed by atoms with Crippen LogP contribution < -0.4 is 0 Å². The number of benzene rings is 8. The van der Waals surface area contributed by atoms with Crippen LogP contribution in [0, 0.1) is 22.7 Å². The lowest BCUT2D eigenvalue weighted by Crippen LogP contribution is -2.00. The Balaban J connectivity index is 1.34. The molecule has 0 aliphatic heterocycles. The van der Waals surface area contributed by atoms with Crippen molar-refractivity contribution in [2.24, 2.45) is 0 Å². The molecule has 0 N–H and O–H groups in total. The average molecular weight is 687 g/mol. The van der Waals surface area contributed by atoms with Gasteiger partial charge in [0.1, 0.15) is 0 Å². The molecule has 4 nitrogen and oxygen atoms in total. The van der Waals surface area contributed by atoms with Crippen LogP contribution in [0.15, 0.2) is 182 Å². The van der Waals surface area contributed by atoms with Crippen LogP contribution in [0.5, 0.6) is 0 Å². The van der Waals surface area contributed by atoms with Gasteiger partial charge < -0.3 is 9.13 Å². The number of hydrogen-bond acceptors (Lipinski definition) is 2. The van der Waals surface area contributed by atoms with Crippen LogP contribution >= 0.6 is 0 Å². The highest BCUT2D eigenvalue weighted by atomic mass is 15.0. The summed E-state index contributed by atoms with van der Waals surface area (Å²) in [5.74, 6) is 0. The molecule has 0 aliphatic carbocycles. The van der Waals surface area contributed by atoms with Crippen LogP contribution in [0.25, 0.3) is 88.4 Å². The lowest BCUT2D eigenvalue weighted by molar-refractivity contribution is 1.15. The van der Waals surface area contributed by atoms with E-state index >= 15 is 0 Å². The Bertz CT molecular complexity index is 3080. The fraction of sp³-hybridized carbons (Fsp3) is 0. The molecule has 0 saturated carbocycles. The molecule has 0 radical (unpaired) electrons. The molecule has 0 atom stereocenters. The molecule has 0 aliphatic rings. The molecule has 54 heavy (non-hydrogen) atoms. The molecule has 0 unspecified atom stereocenters. The molecule has 2 aromatic heterocycles. The summed E-state index contributed by atoms with van der Waals surface area (Å²) in [6.07, 6.45) is 0. The minimum atomic E-state index is 0.475. The topological polar surface area (TPSA) is 57.4 Å². The van der Waals surface area contributed by atoms with E-state index in [0.29, 0.717) is 16.7 Å². The first-order chi connectivity index (χ1) is 26.7. The Morgan fingerprint density at radius 3 is 1.31 bits per heavy atom. The summed E-state index contributed by atoms with van der Waals surface area (Å²) >= 11 is 0. The molecular weight excluding hydrogens is 657 g/mol. The predicted molar refractivity (Wildman–Crippen MR) is 221 cm³/mol. The maximum Gasteiger partial charge on any atom is 0.0998 e. The molecule has 10 rings (SSSR count).